The van der Waals surface area contributed by atoms with Crippen LogP contribution < -0.4 is 0 Å². The molecular formula is C21H33NO6. The number of carbonyl (C=O) groups excluding carboxylic acids is 2. The summed E-state index contributed by atoms with van der Waals surface area (Å²) in [7, 11) is 0. The van der Waals surface area contributed by atoms with Crippen molar-refractivity contribution in [3.8, 4) is 0 Å². The van der Waals surface area contributed by atoms with Crippen molar-refractivity contribution in [3.63, 3.8) is 0 Å². The Bertz CT molecular complexity index is 675. The second-order valence-electron chi connectivity index (χ2n) is 8.48. The molecule has 7 heteroatoms. The number of nitrogens with zero attached hydrogens (tertiary/aromatic N) is 1. The highest BCUT2D eigenvalue weighted by atomic mass is 16.6. The average Bonchev–Trinajstić information content (AvgIpc) is 3.20. The van der Waals surface area contributed by atoms with Crippen LogP contribution in [0, 0.1) is 5.92 Å². The van der Waals surface area contributed by atoms with Crippen molar-refractivity contribution in [1.29, 1.82) is 0 Å². The Morgan fingerprint density at radius 1 is 1.36 bits per heavy atom. The smallest absolute Gasteiger partial charge is 0.341 e. The third-order valence-electron chi connectivity index (χ3n) is 5.88. The molecule has 2 aliphatic rings. The highest BCUT2D eigenvalue weighted by Crippen LogP contribution is 2.34. The van der Waals surface area contributed by atoms with Crippen LogP contribution >= 0.6 is 0 Å². The molecule has 0 radical (unpaired) electrons. The molecule has 0 amide bonds. The Morgan fingerprint density at radius 2 is 2.00 bits per heavy atom. The molecule has 2 N–H and O–H groups in total. The van der Waals surface area contributed by atoms with Crippen molar-refractivity contribution in [1.82, 2.24) is 4.90 Å². The van der Waals surface area contributed by atoms with Gasteiger partial charge in [-0.1, -0.05) is 26.0 Å². The van der Waals surface area contributed by atoms with E-state index >= 15 is 0 Å². The molecule has 2 heterocycles. The zero-order valence-electron chi connectivity index (χ0n) is 17.7. The van der Waals surface area contributed by atoms with Gasteiger partial charge in [0.25, 0.3) is 0 Å². The SMILES string of the molecule is CC=C(C)C(=O)OC1CCN2CC=C(COC(=O)C(O)(C(C)C)C(C)(C)O)C12. The molecule has 0 aromatic heterocycles. The minimum atomic E-state index is -2.02. The molecule has 28 heavy (non-hydrogen) atoms. The zero-order valence-corrected chi connectivity index (χ0v) is 17.7. The number of aliphatic hydroxyl groups is 2. The summed E-state index contributed by atoms with van der Waals surface area (Å²) in [6.45, 7) is 11.1. The van der Waals surface area contributed by atoms with Gasteiger partial charge in [-0.05, 0) is 45.6 Å². The van der Waals surface area contributed by atoms with Crippen LogP contribution in [0.2, 0.25) is 0 Å². The summed E-state index contributed by atoms with van der Waals surface area (Å²) in [4.78, 5) is 26.9. The summed E-state index contributed by atoms with van der Waals surface area (Å²) >= 11 is 0. The van der Waals surface area contributed by atoms with Crippen molar-refractivity contribution in [2.45, 2.75) is 71.3 Å². The van der Waals surface area contributed by atoms with E-state index in [0.717, 1.165) is 18.5 Å². The van der Waals surface area contributed by atoms with Crippen LogP contribution in [0.5, 0.6) is 0 Å². The van der Waals surface area contributed by atoms with Gasteiger partial charge < -0.3 is 19.7 Å². The molecule has 3 atom stereocenters. The first-order chi connectivity index (χ1) is 12.9. The predicted octanol–water partition coefficient (Wildman–Crippen LogP) is 1.58. The second kappa shape index (κ2) is 8.35. The lowest BCUT2D eigenvalue weighted by Crippen LogP contribution is -2.60. The molecule has 3 unspecified atom stereocenters. The first kappa shape index (κ1) is 22.6. The van der Waals surface area contributed by atoms with Crippen LogP contribution in [0.15, 0.2) is 23.3 Å². The summed E-state index contributed by atoms with van der Waals surface area (Å²) in [5.41, 5.74) is -2.26. The number of fused-ring (bicyclic) bond motifs is 1. The van der Waals surface area contributed by atoms with Gasteiger partial charge in [0.15, 0.2) is 5.60 Å². The van der Waals surface area contributed by atoms with Crippen molar-refractivity contribution in [3.05, 3.63) is 23.3 Å². The Labute approximate surface area is 167 Å². The lowest BCUT2D eigenvalue weighted by Gasteiger charge is -2.39. The van der Waals surface area contributed by atoms with Gasteiger partial charge >= 0.3 is 11.9 Å². The first-order valence-corrected chi connectivity index (χ1v) is 9.82. The third kappa shape index (κ3) is 4.16. The van der Waals surface area contributed by atoms with Gasteiger partial charge in [0.2, 0.25) is 0 Å². The molecule has 7 nitrogen and oxygen atoms in total. The Morgan fingerprint density at radius 3 is 2.54 bits per heavy atom. The van der Waals surface area contributed by atoms with Gasteiger partial charge in [-0.2, -0.15) is 0 Å². The summed E-state index contributed by atoms with van der Waals surface area (Å²) < 4.78 is 11.1. The van der Waals surface area contributed by atoms with E-state index in [1.54, 1.807) is 33.8 Å². The van der Waals surface area contributed by atoms with Crippen LogP contribution in [-0.4, -0.2) is 70.1 Å². The first-order valence-electron chi connectivity index (χ1n) is 9.82. The Balaban J connectivity index is 2.06. The summed E-state index contributed by atoms with van der Waals surface area (Å²) in [6.07, 6.45) is 4.11. The minimum Gasteiger partial charge on any atom is -0.459 e. The number of carbonyl (C=O) groups is 2. The molecule has 0 spiro atoms. The van der Waals surface area contributed by atoms with Crippen molar-refractivity contribution < 1.29 is 29.3 Å². The average molecular weight is 395 g/mol. The maximum Gasteiger partial charge on any atom is 0.341 e. The lowest BCUT2D eigenvalue weighted by molar-refractivity contribution is -0.201. The monoisotopic (exact) mass is 395 g/mol. The van der Waals surface area contributed by atoms with E-state index in [-0.39, 0.29) is 24.7 Å². The molecule has 1 saturated heterocycles. The lowest BCUT2D eigenvalue weighted by atomic mass is 9.77. The second-order valence-corrected chi connectivity index (χ2v) is 8.48. The number of allylic oxidation sites excluding steroid dienone is 1. The Hall–Kier alpha value is -1.70. The summed E-state index contributed by atoms with van der Waals surface area (Å²) in [5.74, 6) is -1.72. The van der Waals surface area contributed by atoms with Gasteiger partial charge in [0, 0.05) is 18.7 Å². The van der Waals surface area contributed by atoms with Crippen LogP contribution in [0.1, 0.15) is 48.0 Å². The fourth-order valence-electron chi connectivity index (χ4n) is 3.93. The largest absolute Gasteiger partial charge is 0.459 e. The fraction of sp³-hybridized carbons (Fsp3) is 0.714. The van der Waals surface area contributed by atoms with Crippen LogP contribution in [0.25, 0.3) is 0 Å². The number of hydrogen-bond acceptors (Lipinski definition) is 7. The predicted molar refractivity (Wildman–Crippen MR) is 104 cm³/mol. The molecule has 1 fully saturated rings. The number of esters is 2. The van der Waals surface area contributed by atoms with E-state index in [1.165, 1.54) is 13.8 Å². The number of ether oxygens (including phenoxy) is 2. The number of rotatable bonds is 7. The van der Waals surface area contributed by atoms with E-state index in [0.29, 0.717) is 12.1 Å². The van der Waals surface area contributed by atoms with E-state index in [9.17, 15) is 19.8 Å². The summed E-state index contributed by atoms with van der Waals surface area (Å²) in [5, 5.41) is 21.1. The van der Waals surface area contributed by atoms with E-state index in [4.69, 9.17) is 9.47 Å². The summed E-state index contributed by atoms with van der Waals surface area (Å²) in [6, 6.07) is -0.129. The van der Waals surface area contributed by atoms with Gasteiger partial charge in [0.1, 0.15) is 12.7 Å². The van der Waals surface area contributed by atoms with Crippen molar-refractivity contribution in [2.24, 2.45) is 5.92 Å². The van der Waals surface area contributed by atoms with Gasteiger partial charge in [0.05, 0.1) is 11.6 Å². The van der Waals surface area contributed by atoms with E-state index in [2.05, 4.69) is 4.90 Å². The number of hydrogen-bond donors (Lipinski definition) is 2. The van der Waals surface area contributed by atoms with E-state index < -0.39 is 23.1 Å². The molecule has 0 aromatic rings. The molecule has 0 saturated carbocycles. The highest BCUT2D eigenvalue weighted by Gasteiger charge is 2.53. The molecule has 0 bridgehead atoms. The Kier molecular flexibility index (Phi) is 6.74. The van der Waals surface area contributed by atoms with Gasteiger partial charge in [-0.3, -0.25) is 4.90 Å². The highest BCUT2D eigenvalue weighted by molar-refractivity contribution is 5.87. The minimum absolute atomic E-state index is 0.0121. The zero-order chi connectivity index (χ0) is 21.3. The topological polar surface area (TPSA) is 96.3 Å². The standard InChI is InChI=1S/C21H33NO6/c1-7-14(4)18(23)28-16-9-11-22-10-8-15(17(16)22)12-27-19(24)21(26,13(2)3)20(5,6)25/h7-8,13,16-17,25-26H,9-12H2,1-6H3. The fourth-order valence-corrected chi connectivity index (χ4v) is 3.93. The quantitative estimate of drug-likeness (QED) is 0.384. The van der Waals surface area contributed by atoms with Crippen LogP contribution in [0.4, 0.5) is 0 Å². The van der Waals surface area contributed by atoms with Crippen molar-refractivity contribution in [2.75, 3.05) is 19.7 Å². The van der Waals surface area contributed by atoms with Gasteiger partial charge in [-0.15, -0.1) is 0 Å². The maximum absolute atomic E-state index is 12.6. The molecular weight excluding hydrogens is 362 g/mol. The van der Waals surface area contributed by atoms with Crippen LogP contribution in [-0.2, 0) is 19.1 Å². The van der Waals surface area contributed by atoms with Gasteiger partial charge in [-0.25, -0.2) is 9.59 Å². The third-order valence-corrected chi connectivity index (χ3v) is 5.88. The molecule has 2 aliphatic heterocycles. The normalized spacial score (nSPS) is 25.3. The molecule has 0 aromatic carbocycles. The van der Waals surface area contributed by atoms with E-state index in [1.807, 2.05) is 6.08 Å². The maximum atomic E-state index is 12.6. The molecule has 2 rings (SSSR count). The van der Waals surface area contributed by atoms with Crippen molar-refractivity contribution >= 4 is 11.9 Å². The van der Waals surface area contributed by atoms with Crippen LogP contribution in [0.3, 0.4) is 0 Å². The molecule has 0 aliphatic carbocycles. The molecule has 158 valence electrons.